The van der Waals surface area contributed by atoms with Crippen molar-refractivity contribution >= 4 is 0 Å². The van der Waals surface area contributed by atoms with Gasteiger partial charge in [0.1, 0.15) is 0 Å². The van der Waals surface area contributed by atoms with Crippen molar-refractivity contribution in [3.05, 3.63) is 11.6 Å². The number of hydrogen-bond donors (Lipinski definition) is 0. The number of hydrogen-bond acceptors (Lipinski definition) is 0. The van der Waals surface area contributed by atoms with E-state index in [0.29, 0.717) is 0 Å². The van der Waals surface area contributed by atoms with Crippen LogP contribution in [0.1, 0.15) is 106 Å². The van der Waals surface area contributed by atoms with Crippen molar-refractivity contribution < 1.29 is 0 Å². The highest BCUT2D eigenvalue weighted by atomic mass is 14.1. The van der Waals surface area contributed by atoms with Gasteiger partial charge in [-0.2, -0.15) is 0 Å². The molecule has 0 nitrogen and oxygen atoms in total. The Balaban J connectivity index is 3.52. The van der Waals surface area contributed by atoms with Crippen LogP contribution in [-0.2, 0) is 0 Å². The molecule has 0 aliphatic heterocycles. The van der Waals surface area contributed by atoms with Crippen LogP contribution in [0.2, 0.25) is 0 Å². The first kappa shape index (κ1) is 20.7. The van der Waals surface area contributed by atoms with Gasteiger partial charge in [-0.15, -0.1) is 0 Å². The molecule has 0 saturated carbocycles. The number of rotatable bonds is 13. The van der Waals surface area contributed by atoms with Crippen molar-refractivity contribution in [2.45, 2.75) is 106 Å². The summed E-state index contributed by atoms with van der Waals surface area (Å²) < 4.78 is 0. The molecule has 0 amide bonds. The molecule has 0 rings (SSSR count). The Hall–Kier alpha value is -0.260. The largest absolute Gasteiger partial charge is 0.0859 e. The molecule has 21 heavy (non-hydrogen) atoms. The molecule has 0 fully saturated rings. The molecule has 0 aliphatic rings. The highest BCUT2D eigenvalue weighted by Gasteiger charge is 2.06. The van der Waals surface area contributed by atoms with Crippen LogP contribution < -0.4 is 0 Å². The van der Waals surface area contributed by atoms with E-state index in [1.165, 1.54) is 64.2 Å². The van der Waals surface area contributed by atoms with Crippen molar-refractivity contribution in [2.24, 2.45) is 17.8 Å². The van der Waals surface area contributed by atoms with Gasteiger partial charge >= 0.3 is 0 Å². The van der Waals surface area contributed by atoms with Crippen molar-refractivity contribution in [1.82, 2.24) is 0 Å². The summed E-state index contributed by atoms with van der Waals surface area (Å²) in [5.74, 6) is 2.73. The monoisotopic (exact) mass is 294 g/mol. The van der Waals surface area contributed by atoms with Gasteiger partial charge in [0.2, 0.25) is 0 Å². The first-order valence-corrected chi connectivity index (χ1v) is 9.61. The van der Waals surface area contributed by atoms with E-state index in [2.05, 4.69) is 47.6 Å². The lowest BCUT2D eigenvalue weighted by molar-refractivity contribution is 0.389. The molecule has 0 unspecified atom stereocenters. The zero-order valence-electron chi connectivity index (χ0n) is 15.9. The molecule has 0 aliphatic carbocycles. The summed E-state index contributed by atoms with van der Waals surface area (Å²) in [5, 5.41) is 0. The fraction of sp³-hybridized carbons (Fsp3) is 0.905. The Kier molecular flexibility index (Phi) is 13.2. The van der Waals surface area contributed by atoms with E-state index in [1.807, 2.05) is 0 Å². The molecule has 0 N–H and O–H groups in total. The maximum atomic E-state index is 2.45. The minimum absolute atomic E-state index is 0.877. The average Bonchev–Trinajstić information content (AvgIpc) is 2.38. The maximum absolute atomic E-state index is 2.45. The highest BCUT2D eigenvalue weighted by molar-refractivity contribution is 4.96. The summed E-state index contributed by atoms with van der Waals surface area (Å²) in [6.45, 7) is 14.1. The Morgan fingerprint density at radius 1 is 0.762 bits per heavy atom. The molecule has 0 heterocycles. The van der Waals surface area contributed by atoms with E-state index < -0.39 is 0 Å². The SMILES string of the molecule is CC/C=C(\C)CCC[C@H](C)CCC[C@H](C)CCCC(C)C. The van der Waals surface area contributed by atoms with Gasteiger partial charge in [0.25, 0.3) is 0 Å². The normalized spacial score (nSPS) is 15.5. The Morgan fingerprint density at radius 2 is 1.24 bits per heavy atom. The summed E-state index contributed by atoms with van der Waals surface area (Å²) in [7, 11) is 0. The zero-order valence-corrected chi connectivity index (χ0v) is 15.9. The summed E-state index contributed by atoms with van der Waals surface area (Å²) in [4.78, 5) is 0. The summed E-state index contributed by atoms with van der Waals surface area (Å²) >= 11 is 0. The van der Waals surface area contributed by atoms with Crippen LogP contribution in [0.15, 0.2) is 11.6 Å². The quantitative estimate of drug-likeness (QED) is 0.304. The second kappa shape index (κ2) is 13.4. The van der Waals surface area contributed by atoms with Gasteiger partial charge in [0.15, 0.2) is 0 Å². The molecule has 0 aromatic rings. The molecular weight excluding hydrogens is 252 g/mol. The van der Waals surface area contributed by atoms with E-state index in [-0.39, 0.29) is 0 Å². The fourth-order valence-corrected chi connectivity index (χ4v) is 3.16. The molecule has 0 spiro atoms. The van der Waals surface area contributed by atoms with Gasteiger partial charge in [-0.3, -0.25) is 0 Å². The Bertz CT molecular complexity index is 249. The molecule has 2 atom stereocenters. The summed E-state index contributed by atoms with van der Waals surface area (Å²) in [5.41, 5.74) is 1.59. The van der Waals surface area contributed by atoms with Gasteiger partial charge in [-0.1, -0.05) is 91.2 Å². The molecule has 0 heteroatoms. The molecular formula is C21H42. The lowest BCUT2D eigenvalue weighted by Gasteiger charge is -2.15. The Labute approximate surface area is 135 Å². The van der Waals surface area contributed by atoms with E-state index in [1.54, 1.807) is 5.57 Å². The van der Waals surface area contributed by atoms with Crippen LogP contribution in [0.3, 0.4) is 0 Å². The third-order valence-corrected chi connectivity index (χ3v) is 4.69. The predicted molar refractivity (Wildman–Crippen MR) is 98.8 cm³/mol. The van der Waals surface area contributed by atoms with Gasteiger partial charge in [-0.25, -0.2) is 0 Å². The molecule has 0 saturated heterocycles. The third kappa shape index (κ3) is 14.4. The van der Waals surface area contributed by atoms with Crippen molar-refractivity contribution in [1.29, 1.82) is 0 Å². The van der Waals surface area contributed by atoms with Crippen LogP contribution in [0.25, 0.3) is 0 Å². The summed E-state index contributed by atoms with van der Waals surface area (Å²) in [6.07, 6.45) is 16.3. The van der Waals surface area contributed by atoms with Gasteiger partial charge in [0.05, 0.1) is 0 Å². The third-order valence-electron chi connectivity index (χ3n) is 4.69. The van der Waals surface area contributed by atoms with Crippen LogP contribution in [-0.4, -0.2) is 0 Å². The van der Waals surface area contributed by atoms with Crippen LogP contribution in [0, 0.1) is 17.8 Å². The molecule has 126 valence electrons. The fourth-order valence-electron chi connectivity index (χ4n) is 3.16. The van der Waals surface area contributed by atoms with E-state index in [0.717, 1.165) is 17.8 Å². The van der Waals surface area contributed by atoms with Crippen LogP contribution in [0.4, 0.5) is 0 Å². The van der Waals surface area contributed by atoms with Crippen molar-refractivity contribution in [3.63, 3.8) is 0 Å². The average molecular weight is 295 g/mol. The molecule has 0 aromatic heterocycles. The van der Waals surface area contributed by atoms with Gasteiger partial charge in [0, 0.05) is 0 Å². The second-order valence-electron chi connectivity index (χ2n) is 7.82. The van der Waals surface area contributed by atoms with E-state index in [4.69, 9.17) is 0 Å². The highest BCUT2D eigenvalue weighted by Crippen LogP contribution is 2.22. The minimum Gasteiger partial charge on any atom is -0.0859 e. The van der Waals surface area contributed by atoms with Crippen molar-refractivity contribution in [2.75, 3.05) is 0 Å². The van der Waals surface area contributed by atoms with E-state index in [9.17, 15) is 0 Å². The molecule has 0 aromatic carbocycles. The lowest BCUT2D eigenvalue weighted by Crippen LogP contribution is -2.00. The standard InChI is InChI=1S/C21H42/c1-7-11-19(4)14-9-15-21(6)17-10-16-20(5)13-8-12-18(2)3/h11,18,20-21H,7-10,12-17H2,1-6H3/b19-11+/t20-,21+/m1/s1. The van der Waals surface area contributed by atoms with E-state index >= 15 is 0 Å². The lowest BCUT2D eigenvalue weighted by atomic mass is 9.91. The van der Waals surface area contributed by atoms with Gasteiger partial charge < -0.3 is 0 Å². The minimum atomic E-state index is 0.877. The van der Waals surface area contributed by atoms with Gasteiger partial charge in [-0.05, 0) is 43.9 Å². The smallest absolute Gasteiger partial charge is 0.0323 e. The first-order chi connectivity index (χ1) is 9.95. The van der Waals surface area contributed by atoms with Crippen molar-refractivity contribution in [3.8, 4) is 0 Å². The maximum Gasteiger partial charge on any atom is -0.0323 e. The predicted octanol–water partition coefficient (Wildman–Crippen LogP) is 7.78. The van der Waals surface area contributed by atoms with Crippen LogP contribution in [0.5, 0.6) is 0 Å². The molecule has 0 radical (unpaired) electrons. The molecule has 0 bridgehead atoms. The Morgan fingerprint density at radius 3 is 1.71 bits per heavy atom. The zero-order chi connectivity index (χ0) is 16.1. The summed E-state index contributed by atoms with van der Waals surface area (Å²) in [6, 6.07) is 0. The first-order valence-electron chi connectivity index (χ1n) is 9.61. The number of allylic oxidation sites excluding steroid dienone is 2. The second-order valence-corrected chi connectivity index (χ2v) is 7.82. The van der Waals surface area contributed by atoms with Crippen LogP contribution >= 0.6 is 0 Å². The topological polar surface area (TPSA) is 0 Å².